The number of hydrogen-bond acceptors (Lipinski definition) is 4. The Morgan fingerprint density at radius 1 is 1.07 bits per heavy atom. The topological polar surface area (TPSA) is 81.8 Å². The molecule has 0 atom stereocenters. The molecule has 3 aromatic rings. The Balaban J connectivity index is 0.00000300. The lowest BCUT2D eigenvalue weighted by Crippen LogP contribution is -2.22. The third-order valence-corrected chi connectivity index (χ3v) is 3.88. The van der Waals surface area contributed by atoms with Crippen molar-refractivity contribution in [2.45, 2.75) is 20.4 Å². The van der Waals surface area contributed by atoms with E-state index in [-0.39, 0.29) is 24.0 Å². The molecule has 152 valence electrons. The normalized spacial score (nSPS) is 10.8. The zero-order valence-corrected chi connectivity index (χ0v) is 18.8. The SMILES string of the molecule is CCOc1ccc(Oc2cc(CN=C(N)Nc3cccc(C)c3)ccn2)cc1.I. The zero-order chi connectivity index (χ0) is 19.8. The van der Waals surface area contributed by atoms with Crippen molar-refractivity contribution in [3.8, 4) is 17.4 Å². The molecule has 1 heterocycles. The van der Waals surface area contributed by atoms with Gasteiger partial charge < -0.3 is 20.5 Å². The Hall–Kier alpha value is -2.81. The van der Waals surface area contributed by atoms with Crippen LogP contribution in [0.3, 0.4) is 0 Å². The van der Waals surface area contributed by atoms with Crippen LogP contribution in [-0.2, 0) is 6.54 Å². The average Bonchev–Trinajstić information content (AvgIpc) is 2.69. The van der Waals surface area contributed by atoms with Crippen LogP contribution in [0.2, 0.25) is 0 Å². The van der Waals surface area contributed by atoms with Crippen LogP contribution in [0.25, 0.3) is 0 Å². The van der Waals surface area contributed by atoms with Crippen molar-refractivity contribution in [2.75, 3.05) is 11.9 Å². The number of nitrogens with one attached hydrogen (secondary N) is 1. The molecule has 3 N–H and O–H groups in total. The average molecular weight is 504 g/mol. The highest BCUT2D eigenvalue weighted by atomic mass is 127. The molecule has 0 aliphatic carbocycles. The number of aromatic nitrogens is 1. The molecule has 0 bridgehead atoms. The smallest absolute Gasteiger partial charge is 0.219 e. The summed E-state index contributed by atoms with van der Waals surface area (Å²) in [4.78, 5) is 8.63. The summed E-state index contributed by atoms with van der Waals surface area (Å²) in [7, 11) is 0. The van der Waals surface area contributed by atoms with Gasteiger partial charge in [0.15, 0.2) is 5.96 Å². The van der Waals surface area contributed by atoms with E-state index in [4.69, 9.17) is 15.2 Å². The van der Waals surface area contributed by atoms with E-state index in [1.165, 1.54) is 0 Å². The molecule has 2 aromatic carbocycles. The van der Waals surface area contributed by atoms with Crippen molar-refractivity contribution in [2.24, 2.45) is 10.7 Å². The second kappa shape index (κ2) is 11.3. The van der Waals surface area contributed by atoms with E-state index >= 15 is 0 Å². The molecule has 0 saturated carbocycles. The second-order valence-corrected chi connectivity index (χ2v) is 6.20. The standard InChI is InChI=1S/C22H24N4O2.HI/c1-3-27-19-7-9-20(10-8-19)28-21-14-17(11-12-24-21)15-25-22(23)26-18-6-4-5-16(2)13-18;/h4-14H,3,15H2,1-2H3,(H3,23,25,26);1H. The van der Waals surface area contributed by atoms with Crippen molar-refractivity contribution in [1.82, 2.24) is 4.98 Å². The zero-order valence-electron chi connectivity index (χ0n) is 16.5. The number of nitrogens with zero attached hydrogens (tertiary/aromatic N) is 2. The van der Waals surface area contributed by atoms with Crippen LogP contribution in [0.5, 0.6) is 17.4 Å². The summed E-state index contributed by atoms with van der Waals surface area (Å²) in [5.41, 5.74) is 9.00. The maximum absolute atomic E-state index is 5.98. The number of guanidine groups is 1. The molecule has 0 saturated heterocycles. The predicted octanol–water partition coefficient (Wildman–Crippen LogP) is 5.13. The van der Waals surface area contributed by atoms with Crippen LogP contribution < -0.4 is 20.5 Å². The third kappa shape index (κ3) is 7.26. The van der Waals surface area contributed by atoms with Crippen molar-refractivity contribution < 1.29 is 9.47 Å². The highest BCUT2D eigenvalue weighted by molar-refractivity contribution is 14.0. The van der Waals surface area contributed by atoms with Crippen LogP contribution in [-0.4, -0.2) is 17.6 Å². The number of nitrogens with two attached hydrogens (primary N) is 1. The van der Waals surface area contributed by atoms with E-state index in [2.05, 4.69) is 15.3 Å². The van der Waals surface area contributed by atoms with Gasteiger partial charge in [0, 0.05) is 18.0 Å². The summed E-state index contributed by atoms with van der Waals surface area (Å²) in [5.74, 6) is 2.36. The number of benzene rings is 2. The number of anilines is 1. The van der Waals surface area contributed by atoms with Crippen LogP contribution in [0, 0.1) is 6.92 Å². The minimum absolute atomic E-state index is 0. The largest absolute Gasteiger partial charge is 0.494 e. The molecule has 0 aliphatic heterocycles. The lowest BCUT2D eigenvalue weighted by molar-refractivity contribution is 0.339. The number of aryl methyl sites for hydroxylation is 1. The monoisotopic (exact) mass is 504 g/mol. The summed E-state index contributed by atoms with van der Waals surface area (Å²) in [6.45, 7) is 5.03. The number of ether oxygens (including phenoxy) is 2. The Labute approximate surface area is 188 Å². The lowest BCUT2D eigenvalue weighted by atomic mass is 10.2. The fourth-order valence-electron chi connectivity index (χ4n) is 2.58. The van der Waals surface area contributed by atoms with E-state index in [0.717, 1.165) is 22.6 Å². The molecule has 3 rings (SSSR count). The van der Waals surface area contributed by atoms with Crippen molar-refractivity contribution >= 4 is 35.6 Å². The summed E-state index contributed by atoms with van der Waals surface area (Å²) in [6, 6.07) is 19.1. The Kier molecular flexibility index (Phi) is 8.72. The molecule has 29 heavy (non-hydrogen) atoms. The Morgan fingerprint density at radius 2 is 1.83 bits per heavy atom. The molecule has 7 heteroatoms. The second-order valence-electron chi connectivity index (χ2n) is 6.20. The minimum atomic E-state index is 0. The van der Waals surface area contributed by atoms with Gasteiger partial charge in [-0.05, 0) is 67.4 Å². The van der Waals surface area contributed by atoms with Crippen LogP contribution >= 0.6 is 24.0 Å². The number of halogens is 1. The number of rotatable bonds is 7. The Bertz CT molecular complexity index is 946. The molecular formula is C22H25IN4O2. The molecule has 6 nitrogen and oxygen atoms in total. The first-order valence-corrected chi connectivity index (χ1v) is 9.11. The van der Waals surface area contributed by atoms with Gasteiger partial charge in [-0.15, -0.1) is 24.0 Å². The first-order chi connectivity index (χ1) is 13.6. The molecule has 0 aliphatic rings. The van der Waals surface area contributed by atoms with Crippen LogP contribution in [0.4, 0.5) is 5.69 Å². The van der Waals surface area contributed by atoms with Crippen LogP contribution in [0.1, 0.15) is 18.1 Å². The maximum Gasteiger partial charge on any atom is 0.219 e. The highest BCUT2D eigenvalue weighted by Gasteiger charge is 2.02. The van der Waals surface area contributed by atoms with Gasteiger partial charge in [0.2, 0.25) is 5.88 Å². The van der Waals surface area contributed by atoms with Crippen molar-refractivity contribution in [3.05, 3.63) is 78.0 Å². The van der Waals surface area contributed by atoms with Gasteiger partial charge in [-0.3, -0.25) is 0 Å². The van der Waals surface area contributed by atoms with Gasteiger partial charge in [-0.1, -0.05) is 12.1 Å². The molecule has 0 radical (unpaired) electrons. The Morgan fingerprint density at radius 3 is 2.55 bits per heavy atom. The first-order valence-electron chi connectivity index (χ1n) is 9.11. The van der Waals surface area contributed by atoms with Crippen molar-refractivity contribution in [1.29, 1.82) is 0 Å². The number of pyridine rings is 1. The van der Waals surface area contributed by atoms with Gasteiger partial charge in [-0.2, -0.15) is 0 Å². The number of hydrogen-bond donors (Lipinski definition) is 2. The number of aliphatic imine (C=N–C) groups is 1. The third-order valence-electron chi connectivity index (χ3n) is 3.88. The lowest BCUT2D eigenvalue weighted by Gasteiger charge is -2.08. The molecule has 0 spiro atoms. The van der Waals surface area contributed by atoms with Gasteiger partial charge >= 0.3 is 0 Å². The van der Waals surface area contributed by atoms with Gasteiger partial charge in [-0.25, -0.2) is 9.98 Å². The van der Waals surface area contributed by atoms with Crippen molar-refractivity contribution in [3.63, 3.8) is 0 Å². The molecule has 0 unspecified atom stereocenters. The maximum atomic E-state index is 5.98. The summed E-state index contributed by atoms with van der Waals surface area (Å²) < 4.78 is 11.2. The van der Waals surface area contributed by atoms with E-state index < -0.39 is 0 Å². The van der Waals surface area contributed by atoms with E-state index in [0.29, 0.717) is 30.7 Å². The molecule has 0 fully saturated rings. The van der Waals surface area contributed by atoms with E-state index in [9.17, 15) is 0 Å². The van der Waals surface area contributed by atoms with Gasteiger partial charge in [0.25, 0.3) is 0 Å². The molecular weight excluding hydrogens is 479 g/mol. The van der Waals surface area contributed by atoms with E-state index in [1.54, 1.807) is 6.20 Å². The molecule has 1 aromatic heterocycles. The summed E-state index contributed by atoms with van der Waals surface area (Å²) in [5, 5.41) is 3.09. The highest BCUT2D eigenvalue weighted by Crippen LogP contribution is 2.23. The van der Waals surface area contributed by atoms with E-state index in [1.807, 2.05) is 74.5 Å². The fraction of sp³-hybridized carbons (Fsp3) is 0.182. The summed E-state index contributed by atoms with van der Waals surface area (Å²) >= 11 is 0. The van der Waals surface area contributed by atoms with Gasteiger partial charge in [0.05, 0.1) is 13.2 Å². The predicted molar refractivity (Wildman–Crippen MR) is 127 cm³/mol. The molecule has 0 amide bonds. The van der Waals surface area contributed by atoms with Gasteiger partial charge in [0.1, 0.15) is 11.5 Å². The summed E-state index contributed by atoms with van der Waals surface area (Å²) in [6.07, 6.45) is 1.69. The quantitative estimate of drug-likeness (QED) is 0.265. The fourth-order valence-corrected chi connectivity index (χ4v) is 2.58. The minimum Gasteiger partial charge on any atom is -0.494 e. The first kappa shape index (κ1) is 22.5. The van der Waals surface area contributed by atoms with Crippen LogP contribution in [0.15, 0.2) is 71.9 Å².